The lowest BCUT2D eigenvalue weighted by Crippen LogP contribution is -2.51. The summed E-state index contributed by atoms with van der Waals surface area (Å²) in [7, 11) is 1.97. The Morgan fingerprint density at radius 1 is 1.22 bits per heavy atom. The van der Waals surface area contributed by atoms with E-state index in [2.05, 4.69) is 4.90 Å². The van der Waals surface area contributed by atoms with Crippen molar-refractivity contribution in [1.82, 2.24) is 9.80 Å². The predicted molar refractivity (Wildman–Crippen MR) is 66.0 cm³/mol. The fourth-order valence-electron chi connectivity index (χ4n) is 2.25. The van der Waals surface area contributed by atoms with Gasteiger partial charge in [-0.1, -0.05) is 30.3 Å². The molecule has 0 bridgehead atoms. The van der Waals surface area contributed by atoms with Crippen LogP contribution in [0.25, 0.3) is 0 Å². The Balaban J connectivity index is 2.27. The van der Waals surface area contributed by atoms with Gasteiger partial charge >= 0.3 is 11.9 Å². The Labute approximate surface area is 106 Å². The maximum Gasteiger partial charge on any atom is 0.394 e. The number of nitrogens with zero attached hydrogens (tertiary/aromatic N) is 2. The quantitative estimate of drug-likeness (QED) is 0.739. The second kappa shape index (κ2) is 5.18. The van der Waals surface area contributed by atoms with Crippen molar-refractivity contribution in [3.05, 3.63) is 35.9 Å². The SMILES string of the molecule is CN1CCN(C(=O)C(=O)O)C(c2ccccc2)C1. The van der Waals surface area contributed by atoms with Gasteiger partial charge in [0.05, 0.1) is 6.04 Å². The molecule has 1 aliphatic heterocycles. The molecule has 1 aliphatic rings. The molecule has 0 radical (unpaired) electrons. The highest BCUT2D eigenvalue weighted by Gasteiger charge is 2.33. The number of carboxylic acid groups (broad SMARTS) is 1. The second-order valence-electron chi connectivity index (χ2n) is 4.49. The van der Waals surface area contributed by atoms with Gasteiger partial charge in [0.25, 0.3) is 0 Å². The minimum Gasteiger partial charge on any atom is -0.474 e. The lowest BCUT2D eigenvalue weighted by molar-refractivity contribution is -0.158. The van der Waals surface area contributed by atoms with Crippen LogP contribution in [0.4, 0.5) is 0 Å². The highest BCUT2D eigenvalue weighted by molar-refractivity contribution is 6.31. The van der Waals surface area contributed by atoms with E-state index in [9.17, 15) is 9.59 Å². The molecule has 1 heterocycles. The molecule has 0 saturated carbocycles. The number of piperazine rings is 1. The predicted octanol–water partition coefficient (Wildman–Crippen LogP) is 0.586. The number of carboxylic acids is 1. The van der Waals surface area contributed by atoms with Crippen molar-refractivity contribution in [2.24, 2.45) is 0 Å². The van der Waals surface area contributed by atoms with Crippen molar-refractivity contribution in [2.45, 2.75) is 6.04 Å². The van der Waals surface area contributed by atoms with Crippen LogP contribution in [-0.4, -0.2) is 53.5 Å². The number of carbonyl (C=O) groups is 2. The first kappa shape index (κ1) is 12.6. The largest absolute Gasteiger partial charge is 0.474 e. The van der Waals surface area contributed by atoms with Gasteiger partial charge in [-0.25, -0.2) is 4.79 Å². The summed E-state index contributed by atoms with van der Waals surface area (Å²) in [5.41, 5.74) is 0.971. The van der Waals surface area contributed by atoms with Crippen molar-refractivity contribution in [1.29, 1.82) is 0 Å². The van der Waals surface area contributed by atoms with E-state index in [1.54, 1.807) is 0 Å². The van der Waals surface area contributed by atoms with Crippen LogP contribution in [0.5, 0.6) is 0 Å². The van der Waals surface area contributed by atoms with Gasteiger partial charge in [-0.05, 0) is 12.6 Å². The van der Waals surface area contributed by atoms with Crippen LogP contribution in [0.15, 0.2) is 30.3 Å². The first-order chi connectivity index (χ1) is 8.59. The molecule has 1 aromatic carbocycles. The molecule has 0 aliphatic carbocycles. The zero-order chi connectivity index (χ0) is 13.1. The summed E-state index contributed by atoms with van der Waals surface area (Å²) in [5, 5.41) is 8.86. The maximum absolute atomic E-state index is 11.7. The van der Waals surface area contributed by atoms with E-state index in [1.165, 1.54) is 4.90 Å². The van der Waals surface area contributed by atoms with Gasteiger partial charge in [0.1, 0.15) is 0 Å². The molecule has 1 unspecified atom stereocenters. The Kier molecular flexibility index (Phi) is 3.62. The smallest absolute Gasteiger partial charge is 0.394 e. The molecule has 1 N–H and O–H groups in total. The minimum atomic E-state index is -1.39. The Bertz CT molecular complexity index is 447. The molecule has 1 amide bonds. The monoisotopic (exact) mass is 248 g/mol. The van der Waals surface area contributed by atoms with Crippen molar-refractivity contribution in [3.8, 4) is 0 Å². The van der Waals surface area contributed by atoms with Crippen molar-refractivity contribution < 1.29 is 14.7 Å². The lowest BCUT2D eigenvalue weighted by Gasteiger charge is -2.39. The van der Waals surface area contributed by atoms with Crippen LogP contribution in [-0.2, 0) is 9.59 Å². The summed E-state index contributed by atoms with van der Waals surface area (Å²) < 4.78 is 0. The number of amides is 1. The maximum atomic E-state index is 11.7. The second-order valence-corrected chi connectivity index (χ2v) is 4.49. The van der Waals surface area contributed by atoms with E-state index >= 15 is 0 Å². The zero-order valence-corrected chi connectivity index (χ0v) is 10.2. The van der Waals surface area contributed by atoms with Gasteiger partial charge in [0.2, 0.25) is 0 Å². The number of benzene rings is 1. The molecule has 2 rings (SSSR count). The number of carbonyl (C=O) groups excluding carboxylic acids is 1. The van der Waals surface area contributed by atoms with E-state index in [4.69, 9.17) is 5.11 Å². The van der Waals surface area contributed by atoms with Crippen molar-refractivity contribution >= 4 is 11.9 Å². The summed E-state index contributed by atoms with van der Waals surface area (Å²) in [5.74, 6) is -2.21. The van der Waals surface area contributed by atoms with Gasteiger partial charge in [-0.2, -0.15) is 0 Å². The van der Waals surface area contributed by atoms with Crippen LogP contribution in [0.1, 0.15) is 11.6 Å². The van der Waals surface area contributed by atoms with Crippen molar-refractivity contribution in [2.75, 3.05) is 26.7 Å². The summed E-state index contributed by atoms with van der Waals surface area (Å²) in [6.07, 6.45) is 0. The van der Waals surface area contributed by atoms with Gasteiger partial charge in [-0.15, -0.1) is 0 Å². The Morgan fingerprint density at radius 2 is 1.89 bits per heavy atom. The number of aliphatic carboxylic acids is 1. The van der Waals surface area contributed by atoms with E-state index < -0.39 is 11.9 Å². The molecule has 0 spiro atoms. The molecule has 5 heteroatoms. The zero-order valence-electron chi connectivity index (χ0n) is 10.2. The molecule has 1 atom stereocenters. The molecular formula is C13H16N2O3. The first-order valence-electron chi connectivity index (χ1n) is 5.87. The number of likely N-dealkylation sites (N-methyl/N-ethyl adjacent to an activating group) is 1. The highest BCUT2D eigenvalue weighted by atomic mass is 16.4. The van der Waals surface area contributed by atoms with Gasteiger partial charge in [-0.3, -0.25) is 4.79 Å². The van der Waals surface area contributed by atoms with Crippen LogP contribution in [0.2, 0.25) is 0 Å². The molecule has 18 heavy (non-hydrogen) atoms. The minimum absolute atomic E-state index is 0.187. The van der Waals surface area contributed by atoms with E-state index in [-0.39, 0.29) is 6.04 Å². The topological polar surface area (TPSA) is 60.9 Å². The highest BCUT2D eigenvalue weighted by Crippen LogP contribution is 2.24. The first-order valence-corrected chi connectivity index (χ1v) is 5.87. The van der Waals surface area contributed by atoms with Gasteiger partial charge in [0, 0.05) is 19.6 Å². The summed E-state index contributed by atoms with van der Waals surface area (Å²) in [6, 6.07) is 9.35. The Morgan fingerprint density at radius 3 is 2.50 bits per heavy atom. The van der Waals surface area contributed by atoms with E-state index in [0.717, 1.165) is 5.56 Å². The molecule has 5 nitrogen and oxygen atoms in total. The number of hydrogen-bond acceptors (Lipinski definition) is 3. The fourth-order valence-corrected chi connectivity index (χ4v) is 2.25. The number of rotatable bonds is 1. The third kappa shape index (κ3) is 2.51. The van der Waals surface area contributed by atoms with Gasteiger partial charge < -0.3 is 14.9 Å². The number of hydrogen-bond donors (Lipinski definition) is 1. The van der Waals surface area contributed by atoms with Crippen LogP contribution >= 0.6 is 0 Å². The summed E-state index contributed by atoms with van der Waals surface area (Å²) >= 11 is 0. The Hall–Kier alpha value is -1.88. The summed E-state index contributed by atoms with van der Waals surface area (Å²) in [4.78, 5) is 26.1. The summed E-state index contributed by atoms with van der Waals surface area (Å²) in [6.45, 7) is 1.80. The molecule has 1 fully saturated rings. The van der Waals surface area contributed by atoms with Crippen molar-refractivity contribution in [3.63, 3.8) is 0 Å². The molecule has 0 aromatic heterocycles. The fraction of sp³-hybridized carbons (Fsp3) is 0.385. The average Bonchev–Trinajstić information content (AvgIpc) is 2.39. The molecule has 96 valence electrons. The average molecular weight is 248 g/mol. The van der Waals surface area contributed by atoms with E-state index in [0.29, 0.717) is 19.6 Å². The standard InChI is InChI=1S/C13H16N2O3/c1-14-7-8-15(12(16)13(17)18)11(9-14)10-5-3-2-4-6-10/h2-6,11H,7-9H2,1H3,(H,17,18). The molecule has 1 aromatic rings. The third-order valence-electron chi connectivity index (χ3n) is 3.21. The molecular weight excluding hydrogens is 232 g/mol. The normalized spacial score (nSPS) is 20.7. The van der Waals surface area contributed by atoms with Crippen LogP contribution in [0.3, 0.4) is 0 Å². The molecule has 1 saturated heterocycles. The lowest BCUT2D eigenvalue weighted by atomic mass is 10.0. The third-order valence-corrected chi connectivity index (χ3v) is 3.21. The van der Waals surface area contributed by atoms with Crippen LogP contribution in [0, 0.1) is 0 Å². The van der Waals surface area contributed by atoms with E-state index in [1.807, 2.05) is 37.4 Å². The van der Waals surface area contributed by atoms with Gasteiger partial charge in [0.15, 0.2) is 0 Å². The van der Waals surface area contributed by atoms with Crippen LogP contribution < -0.4 is 0 Å².